The molecule has 21 heavy (non-hydrogen) atoms. The first kappa shape index (κ1) is 15.7. The second-order valence-electron chi connectivity index (χ2n) is 5.70. The van der Waals surface area contributed by atoms with Crippen molar-refractivity contribution in [2.45, 2.75) is 38.8 Å². The van der Waals surface area contributed by atoms with E-state index < -0.39 is 0 Å². The largest absolute Gasteiger partial charge is 0.393 e. The van der Waals surface area contributed by atoms with Crippen LogP contribution < -0.4 is 5.32 Å². The summed E-state index contributed by atoms with van der Waals surface area (Å²) in [7, 11) is 1.96. The number of aliphatic hydroxyl groups excluding tert-OH is 1. The van der Waals surface area contributed by atoms with Gasteiger partial charge >= 0.3 is 0 Å². The first-order valence-corrected chi connectivity index (χ1v) is 7.49. The molecule has 1 aromatic carbocycles. The molecule has 4 heteroatoms. The molecule has 2 rings (SSSR count). The summed E-state index contributed by atoms with van der Waals surface area (Å²) in [5, 5.41) is 17.5. The van der Waals surface area contributed by atoms with Crippen molar-refractivity contribution in [3.8, 4) is 0 Å². The molecule has 0 fully saturated rings. The third-order valence-electron chi connectivity index (χ3n) is 3.94. The van der Waals surface area contributed by atoms with Gasteiger partial charge in [-0.15, -0.1) is 0 Å². The highest BCUT2D eigenvalue weighted by molar-refractivity contribution is 5.20. The first-order valence-electron chi connectivity index (χ1n) is 7.49. The molecule has 0 bridgehead atoms. The fourth-order valence-electron chi connectivity index (χ4n) is 2.57. The lowest BCUT2D eigenvalue weighted by atomic mass is 9.93. The minimum atomic E-state index is -0.294. The molecule has 0 spiro atoms. The van der Waals surface area contributed by atoms with E-state index >= 15 is 0 Å². The molecule has 0 saturated carbocycles. The second kappa shape index (κ2) is 7.38. The highest BCUT2D eigenvalue weighted by atomic mass is 16.3. The third kappa shape index (κ3) is 4.41. The van der Waals surface area contributed by atoms with E-state index in [9.17, 15) is 5.11 Å². The summed E-state index contributed by atoms with van der Waals surface area (Å²) in [5.74, 6) is 0.322. The van der Waals surface area contributed by atoms with Crippen LogP contribution in [0, 0.1) is 6.92 Å². The molecule has 0 aliphatic carbocycles. The summed E-state index contributed by atoms with van der Waals surface area (Å²) in [6.07, 6.45) is 2.38. The average Bonchev–Trinajstić information content (AvgIpc) is 2.79. The van der Waals surface area contributed by atoms with E-state index in [-0.39, 0.29) is 6.10 Å². The molecule has 1 heterocycles. The molecule has 0 saturated heterocycles. The van der Waals surface area contributed by atoms with E-state index in [1.807, 2.05) is 30.9 Å². The van der Waals surface area contributed by atoms with Gasteiger partial charge in [-0.2, -0.15) is 5.10 Å². The number of nitrogens with one attached hydrogen (secondary N) is 1. The van der Waals surface area contributed by atoms with Crippen LogP contribution in [0.4, 0.5) is 0 Å². The predicted octanol–water partition coefficient (Wildman–Crippen LogP) is 2.37. The highest BCUT2D eigenvalue weighted by Crippen LogP contribution is 2.20. The number of aromatic nitrogens is 2. The standard InChI is InChI=1S/C17H25N3O/c1-13(21)9-16(15-7-5-4-6-8-15)10-18-11-17-12-19-20(3)14(17)2/h4-8,12-13,16,18,21H,9-11H2,1-3H3. The van der Waals surface area contributed by atoms with E-state index in [0.29, 0.717) is 5.92 Å². The second-order valence-corrected chi connectivity index (χ2v) is 5.70. The SMILES string of the molecule is Cc1c(CNCC(CC(C)O)c2ccccc2)cnn1C. The van der Waals surface area contributed by atoms with Crippen molar-refractivity contribution in [1.29, 1.82) is 0 Å². The Morgan fingerprint density at radius 3 is 2.57 bits per heavy atom. The summed E-state index contributed by atoms with van der Waals surface area (Å²) in [6.45, 7) is 5.59. The maximum absolute atomic E-state index is 9.71. The van der Waals surface area contributed by atoms with Crippen molar-refractivity contribution >= 4 is 0 Å². The molecular weight excluding hydrogens is 262 g/mol. The number of aryl methyl sites for hydroxylation is 1. The minimum absolute atomic E-state index is 0.294. The quantitative estimate of drug-likeness (QED) is 0.822. The van der Waals surface area contributed by atoms with Crippen molar-refractivity contribution < 1.29 is 5.11 Å². The monoisotopic (exact) mass is 287 g/mol. The maximum Gasteiger partial charge on any atom is 0.0537 e. The zero-order valence-electron chi connectivity index (χ0n) is 13.1. The predicted molar refractivity (Wildman–Crippen MR) is 85.1 cm³/mol. The van der Waals surface area contributed by atoms with Crippen LogP contribution >= 0.6 is 0 Å². The van der Waals surface area contributed by atoms with E-state index in [4.69, 9.17) is 0 Å². The van der Waals surface area contributed by atoms with Crippen LogP contribution in [0.5, 0.6) is 0 Å². The molecule has 4 nitrogen and oxygen atoms in total. The van der Waals surface area contributed by atoms with E-state index in [0.717, 1.165) is 19.5 Å². The smallest absolute Gasteiger partial charge is 0.0537 e. The molecule has 1 aromatic heterocycles. The summed E-state index contributed by atoms with van der Waals surface area (Å²) in [5.41, 5.74) is 3.68. The fourth-order valence-corrected chi connectivity index (χ4v) is 2.57. The van der Waals surface area contributed by atoms with Crippen LogP contribution in [0.15, 0.2) is 36.5 Å². The van der Waals surface area contributed by atoms with Crippen LogP contribution in [0.3, 0.4) is 0 Å². The summed E-state index contributed by atoms with van der Waals surface area (Å²) in [4.78, 5) is 0. The van der Waals surface area contributed by atoms with E-state index in [1.165, 1.54) is 16.8 Å². The Kier molecular flexibility index (Phi) is 5.53. The molecule has 0 radical (unpaired) electrons. The lowest BCUT2D eigenvalue weighted by Crippen LogP contribution is -2.24. The Labute approximate surface area is 126 Å². The van der Waals surface area contributed by atoms with Crippen LogP contribution in [0.2, 0.25) is 0 Å². The van der Waals surface area contributed by atoms with Gasteiger partial charge in [0, 0.05) is 31.4 Å². The normalized spacial score (nSPS) is 14.1. The van der Waals surface area contributed by atoms with E-state index in [2.05, 4.69) is 41.6 Å². The van der Waals surface area contributed by atoms with Crippen molar-refractivity contribution in [3.05, 3.63) is 53.3 Å². The fraction of sp³-hybridized carbons (Fsp3) is 0.471. The molecule has 2 atom stereocenters. The van der Waals surface area contributed by atoms with Crippen LogP contribution in [0.25, 0.3) is 0 Å². The van der Waals surface area contributed by atoms with Crippen LogP contribution in [-0.2, 0) is 13.6 Å². The molecule has 0 amide bonds. The van der Waals surface area contributed by atoms with Crippen molar-refractivity contribution in [1.82, 2.24) is 15.1 Å². The van der Waals surface area contributed by atoms with Gasteiger partial charge in [-0.3, -0.25) is 4.68 Å². The molecule has 0 aliphatic rings. The summed E-state index contributed by atoms with van der Waals surface area (Å²) >= 11 is 0. The van der Waals surface area contributed by atoms with Crippen molar-refractivity contribution in [2.24, 2.45) is 7.05 Å². The topological polar surface area (TPSA) is 50.1 Å². The van der Waals surface area contributed by atoms with Gasteiger partial charge in [-0.1, -0.05) is 30.3 Å². The third-order valence-corrected chi connectivity index (χ3v) is 3.94. The Bertz CT molecular complexity index is 548. The van der Waals surface area contributed by atoms with Gasteiger partial charge in [0.05, 0.1) is 12.3 Å². The molecule has 2 unspecified atom stereocenters. The van der Waals surface area contributed by atoms with Crippen LogP contribution in [-0.4, -0.2) is 27.5 Å². The van der Waals surface area contributed by atoms with Crippen LogP contribution in [0.1, 0.15) is 36.1 Å². The number of nitrogens with zero attached hydrogens (tertiary/aromatic N) is 2. The summed E-state index contributed by atoms with van der Waals surface area (Å²) in [6, 6.07) is 10.4. The lowest BCUT2D eigenvalue weighted by molar-refractivity contribution is 0.173. The lowest BCUT2D eigenvalue weighted by Gasteiger charge is -2.19. The maximum atomic E-state index is 9.71. The van der Waals surface area contributed by atoms with Gasteiger partial charge in [-0.05, 0) is 31.7 Å². The summed E-state index contributed by atoms with van der Waals surface area (Å²) < 4.78 is 1.89. The molecular formula is C17H25N3O. The Morgan fingerprint density at radius 2 is 2.00 bits per heavy atom. The number of hydrogen-bond donors (Lipinski definition) is 2. The zero-order chi connectivity index (χ0) is 15.2. The van der Waals surface area contributed by atoms with Gasteiger partial charge in [0.25, 0.3) is 0 Å². The van der Waals surface area contributed by atoms with Gasteiger partial charge < -0.3 is 10.4 Å². The van der Waals surface area contributed by atoms with Crippen molar-refractivity contribution in [3.63, 3.8) is 0 Å². The molecule has 0 aliphatic heterocycles. The Hall–Kier alpha value is -1.65. The van der Waals surface area contributed by atoms with Gasteiger partial charge in [-0.25, -0.2) is 0 Å². The first-order chi connectivity index (χ1) is 10.1. The van der Waals surface area contributed by atoms with Gasteiger partial charge in [0.1, 0.15) is 0 Å². The number of hydrogen-bond acceptors (Lipinski definition) is 3. The van der Waals surface area contributed by atoms with Gasteiger partial charge in [0.15, 0.2) is 0 Å². The zero-order valence-corrected chi connectivity index (χ0v) is 13.1. The molecule has 2 N–H and O–H groups in total. The average molecular weight is 287 g/mol. The Balaban J connectivity index is 1.95. The number of rotatable bonds is 7. The highest BCUT2D eigenvalue weighted by Gasteiger charge is 2.14. The number of benzene rings is 1. The minimum Gasteiger partial charge on any atom is -0.393 e. The van der Waals surface area contributed by atoms with Gasteiger partial charge in [0.2, 0.25) is 0 Å². The molecule has 2 aromatic rings. The van der Waals surface area contributed by atoms with E-state index in [1.54, 1.807) is 0 Å². The molecule has 114 valence electrons. The number of aliphatic hydroxyl groups is 1. The van der Waals surface area contributed by atoms with Crippen molar-refractivity contribution in [2.75, 3.05) is 6.54 Å². The Morgan fingerprint density at radius 1 is 1.29 bits per heavy atom.